The molecule has 22 heavy (non-hydrogen) atoms. The van der Waals surface area contributed by atoms with Crippen LogP contribution in [0.5, 0.6) is 0 Å². The largest absolute Gasteiger partial charge is 0.352 e. The van der Waals surface area contributed by atoms with Crippen LogP contribution < -0.4 is 11.0 Å². The minimum absolute atomic E-state index is 0.0788. The SMILES string of the molecule is O=C(Cc1cccc(Cl)c1)NCc1ccc2[nH]c(=O)[nH]c2c1. The van der Waals surface area contributed by atoms with E-state index in [2.05, 4.69) is 15.3 Å². The number of carbonyl (C=O) groups is 1. The molecule has 0 bridgehead atoms. The Hall–Kier alpha value is -2.53. The second-order valence-electron chi connectivity index (χ2n) is 5.04. The van der Waals surface area contributed by atoms with Gasteiger partial charge in [0.2, 0.25) is 5.91 Å². The molecule has 0 fully saturated rings. The molecule has 0 unspecified atom stereocenters. The molecule has 3 rings (SSSR count). The third-order valence-electron chi connectivity index (χ3n) is 3.32. The van der Waals surface area contributed by atoms with Gasteiger partial charge in [-0.05, 0) is 35.4 Å². The van der Waals surface area contributed by atoms with E-state index >= 15 is 0 Å². The molecule has 1 amide bonds. The van der Waals surface area contributed by atoms with Crippen LogP contribution in [0, 0.1) is 0 Å². The van der Waals surface area contributed by atoms with Crippen molar-refractivity contribution in [1.82, 2.24) is 15.3 Å². The number of carbonyl (C=O) groups excluding carboxylic acids is 1. The summed E-state index contributed by atoms with van der Waals surface area (Å²) in [4.78, 5) is 28.5. The van der Waals surface area contributed by atoms with Crippen molar-refractivity contribution in [2.75, 3.05) is 0 Å². The Balaban J connectivity index is 1.63. The normalized spacial score (nSPS) is 10.8. The average molecular weight is 316 g/mol. The van der Waals surface area contributed by atoms with Gasteiger partial charge in [-0.2, -0.15) is 0 Å². The number of imidazole rings is 1. The van der Waals surface area contributed by atoms with Crippen molar-refractivity contribution in [2.24, 2.45) is 0 Å². The Bertz CT molecular complexity index is 882. The molecule has 0 saturated heterocycles. The third kappa shape index (κ3) is 3.38. The van der Waals surface area contributed by atoms with E-state index in [0.717, 1.165) is 22.2 Å². The second-order valence-corrected chi connectivity index (χ2v) is 5.48. The quantitative estimate of drug-likeness (QED) is 0.691. The second kappa shape index (κ2) is 6.07. The fraction of sp³-hybridized carbons (Fsp3) is 0.125. The van der Waals surface area contributed by atoms with Crippen LogP contribution >= 0.6 is 11.6 Å². The zero-order valence-corrected chi connectivity index (χ0v) is 12.4. The van der Waals surface area contributed by atoms with Gasteiger partial charge in [0.15, 0.2) is 0 Å². The summed E-state index contributed by atoms with van der Waals surface area (Å²) in [5.74, 6) is -0.0788. The molecule has 1 heterocycles. The zero-order chi connectivity index (χ0) is 15.5. The summed E-state index contributed by atoms with van der Waals surface area (Å²) in [6, 6.07) is 12.8. The lowest BCUT2D eigenvalue weighted by Crippen LogP contribution is -2.24. The van der Waals surface area contributed by atoms with Gasteiger partial charge in [0.1, 0.15) is 0 Å². The summed E-state index contributed by atoms with van der Waals surface area (Å²) in [6.45, 7) is 0.405. The van der Waals surface area contributed by atoms with Gasteiger partial charge in [-0.3, -0.25) is 4.79 Å². The van der Waals surface area contributed by atoms with Gasteiger partial charge >= 0.3 is 5.69 Å². The topological polar surface area (TPSA) is 77.8 Å². The molecule has 3 aromatic rings. The maximum atomic E-state index is 11.9. The minimum atomic E-state index is -0.239. The molecule has 0 radical (unpaired) electrons. The summed E-state index contributed by atoms with van der Waals surface area (Å²) in [5, 5.41) is 3.47. The van der Waals surface area contributed by atoms with Gasteiger partial charge < -0.3 is 15.3 Å². The van der Waals surface area contributed by atoms with Gasteiger partial charge in [-0.15, -0.1) is 0 Å². The Kier molecular flexibility index (Phi) is 3.98. The number of H-pyrrole nitrogens is 2. The maximum absolute atomic E-state index is 11.9. The highest BCUT2D eigenvalue weighted by Gasteiger charge is 2.05. The predicted octanol–water partition coefficient (Wildman–Crippen LogP) is 2.37. The molecule has 6 heteroatoms. The standard InChI is InChI=1S/C16H14ClN3O2/c17-12-3-1-2-10(6-12)8-15(21)18-9-11-4-5-13-14(7-11)20-16(22)19-13/h1-7H,8-9H2,(H,18,21)(H2,19,20,22). The van der Waals surface area contributed by atoms with E-state index in [9.17, 15) is 9.59 Å². The highest BCUT2D eigenvalue weighted by molar-refractivity contribution is 6.30. The van der Waals surface area contributed by atoms with Crippen LogP contribution in [-0.4, -0.2) is 15.9 Å². The molecule has 3 N–H and O–H groups in total. The van der Waals surface area contributed by atoms with Crippen molar-refractivity contribution in [3.8, 4) is 0 Å². The number of nitrogens with one attached hydrogen (secondary N) is 3. The van der Waals surface area contributed by atoms with E-state index in [0.29, 0.717) is 11.6 Å². The molecule has 0 spiro atoms. The fourth-order valence-electron chi connectivity index (χ4n) is 2.29. The third-order valence-corrected chi connectivity index (χ3v) is 3.56. The molecule has 2 aromatic carbocycles. The highest BCUT2D eigenvalue weighted by atomic mass is 35.5. The van der Waals surface area contributed by atoms with Gasteiger partial charge in [0.05, 0.1) is 17.5 Å². The van der Waals surface area contributed by atoms with Gasteiger partial charge in [-0.25, -0.2) is 4.79 Å². The molecule has 5 nitrogen and oxygen atoms in total. The van der Waals surface area contributed by atoms with Crippen molar-refractivity contribution in [3.63, 3.8) is 0 Å². The first-order valence-electron chi connectivity index (χ1n) is 6.82. The molecule has 0 aliphatic heterocycles. The van der Waals surface area contributed by atoms with E-state index in [4.69, 9.17) is 11.6 Å². The Labute approximate surface area is 131 Å². The van der Waals surface area contributed by atoms with Crippen LogP contribution in [-0.2, 0) is 17.8 Å². The van der Waals surface area contributed by atoms with E-state index in [1.54, 1.807) is 12.1 Å². The zero-order valence-electron chi connectivity index (χ0n) is 11.7. The van der Waals surface area contributed by atoms with Crippen molar-refractivity contribution in [1.29, 1.82) is 0 Å². The van der Waals surface area contributed by atoms with Crippen LogP contribution in [0.2, 0.25) is 5.02 Å². The van der Waals surface area contributed by atoms with Crippen LogP contribution in [0.1, 0.15) is 11.1 Å². The van der Waals surface area contributed by atoms with Gasteiger partial charge in [-0.1, -0.05) is 29.8 Å². The number of rotatable bonds is 4. The first-order valence-corrected chi connectivity index (χ1v) is 7.20. The van der Waals surface area contributed by atoms with Crippen molar-refractivity contribution < 1.29 is 4.79 Å². The van der Waals surface area contributed by atoms with Crippen molar-refractivity contribution >= 4 is 28.5 Å². The van der Waals surface area contributed by atoms with E-state index in [1.165, 1.54) is 0 Å². The molecule has 0 aliphatic rings. The van der Waals surface area contributed by atoms with Crippen molar-refractivity contribution in [3.05, 3.63) is 69.1 Å². The van der Waals surface area contributed by atoms with E-state index in [-0.39, 0.29) is 18.0 Å². The first kappa shape index (κ1) is 14.4. The average Bonchev–Trinajstić information content (AvgIpc) is 2.84. The number of aromatic amines is 2. The highest BCUT2D eigenvalue weighted by Crippen LogP contribution is 2.12. The summed E-state index contributed by atoms with van der Waals surface area (Å²) in [7, 11) is 0. The molecular weight excluding hydrogens is 302 g/mol. The Morgan fingerprint density at radius 3 is 2.68 bits per heavy atom. The molecular formula is C16H14ClN3O2. The predicted molar refractivity (Wildman–Crippen MR) is 85.9 cm³/mol. The van der Waals surface area contributed by atoms with Crippen LogP contribution in [0.15, 0.2) is 47.3 Å². The number of halogens is 1. The summed E-state index contributed by atoms with van der Waals surface area (Å²) >= 11 is 5.90. The Morgan fingerprint density at radius 2 is 1.86 bits per heavy atom. The fourth-order valence-corrected chi connectivity index (χ4v) is 2.50. The number of aromatic nitrogens is 2. The van der Waals surface area contributed by atoms with Crippen LogP contribution in [0.25, 0.3) is 11.0 Å². The summed E-state index contributed by atoms with van der Waals surface area (Å²) < 4.78 is 0. The molecule has 112 valence electrons. The van der Waals surface area contributed by atoms with E-state index in [1.807, 2.05) is 30.3 Å². The van der Waals surface area contributed by atoms with Gasteiger partial charge in [0, 0.05) is 11.6 Å². The van der Waals surface area contributed by atoms with Crippen molar-refractivity contribution in [2.45, 2.75) is 13.0 Å². The first-order chi connectivity index (χ1) is 10.6. The number of hydrogen-bond donors (Lipinski definition) is 3. The minimum Gasteiger partial charge on any atom is -0.352 e. The van der Waals surface area contributed by atoms with E-state index < -0.39 is 0 Å². The smallest absolute Gasteiger partial charge is 0.323 e. The molecule has 0 aliphatic carbocycles. The lowest BCUT2D eigenvalue weighted by atomic mass is 10.1. The lowest BCUT2D eigenvalue weighted by Gasteiger charge is -2.06. The molecule has 0 atom stereocenters. The van der Waals surface area contributed by atoms with Gasteiger partial charge in [0.25, 0.3) is 0 Å². The maximum Gasteiger partial charge on any atom is 0.323 e. The Morgan fingerprint density at radius 1 is 1.05 bits per heavy atom. The van der Waals surface area contributed by atoms with Crippen LogP contribution in [0.4, 0.5) is 0 Å². The number of fused-ring (bicyclic) bond motifs is 1. The molecule has 0 saturated carbocycles. The number of amides is 1. The number of benzene rings is 2. The summed E-state index contributed by atoms with van der Waals surface area (Å²) in [6.07, 6.45) is 0.282. The summed E-state index contributed by atoms with van der Waals surface area (Å²) in [5.41, 5.74) is 3.03. The van der Waals surface area contributed by atoms with Crippen LogP contribution in [0.3, 0.4) is 0 Å². The molecule has 1 aromatic heterocycles. The monoisotopic (exact) mass is 315 g/mol. The lowest BCUT2D eigenvalue weighted by molar-refractivity contribution is -0.120. The number of hydrogen-bond acceptors (Lipinski definition) is 2.